The first-order valence-electron chi connectivity index (χ1n) is 7.28. The molecule has 1 aromatic carbocycles. The van der Waals surface area contributed by atoms with Crippen molar-refractivity contribution in [3.05, 3.63) is 54.4 Å². The first kappa shape index (κ1) is 13.7. The molecule has 0 bridgehead atoms. The van der Waals surface area contributed by atoms with E-state index in [0.29, 0.717) is 5.92 Å². The Kier molecular flexibility index (Phi) is 3.65. The molecule has 0 aliphatic heterocycles. The Bertz CT molecular complexity index is 742. The maximum atomic E-state index is 5.19. The Hall–Kier alpha value is -2.29. The summed E-state index contributed by atoms with van der Waals surface area (Å²) in [5.41, 5.74) is 4.42. The van der Waals surface area contributed by atoms with Crippen molar-refractivity contribution in [3.63, 3.8) is 0 Å². The zero-order chi connectivity index (χ0) is 14.8. The Balaban J connectivity index is 1.95. The molecule has 0 radical (unpaired) electrons. The van der Waals surface area contributed by atoms with Gasteiger partial charge in [-0.15, -0.1) is 0 Å². The molecule has 0 aliphatic rings. The zero-order valence-electron chi connectivity index (χ0n) is 12.7. The number of methoxy groups -OCH3 is 1. The molecule has 0 atom stereocenters. The molecule has 0 unspecified atom stereocenters. The van der Waals surface area contributed by atoms with Gasteiger partial charge in [-0.05, 0) is 54.3 Å². The summed E-state index contributed by atoms with van der Waals surface area (Å²) < 4.78 is 7.26. The molecule has 0 fully saturated rings. The van der Waals surface area contributed by atoms with Gasteiger partial charge in [0.15, 0.2) is 0 Å². The number of aromatic nitrogens is 2. The number of imidazole rings is 1. The highest BCUT2D eigenvalue weighted by Gasteiger charge is 2.06. The smallest absolute Gasteiger partial charge is 0.137 e. The van der Waals surface area contributed by atoms with E-state index in [9.17, 15) is 0 Å². The van der Waals surface area contributed by atoms with E-state index in [-0.39, 0.29) is 0 Å². The van der Waals surface area contributed by atoms with Gasteiger partial charge in [-0.1, -0.05) is 13.8 Å². The number of hydrogen-bond acceptors (Lipinski definition) is 2. The fourth-order valence-corrected chi connectivity index (χ4v) is 2.52. The van der Waals surface area contributed by atoms with Gasteiger partial charge in [-0.25, -0.2) is 4.98 Å². The van der Waals surface area contributed by atoms with Gasteiger partial charge in [0.05, 0.1) is 12.8 Å². The maximum absolute atomic E-state index is 5.19. The Morgan fingerprint density at radius 3 is 2.57 bits per heavy atom. The Morgan fingerprint density at radius 1 is 1.14 bits per heavy atom. The molecule has 3 heteroatoms. The van der Waals surface area contributed by atoms with Crippen molar-refractivity contribution in [2.75, 3.05) is 7.11 Å². The Labute approximate surface area is 125 Å². The fraction of sp³-hybridized carbons (Fsp3) is 0.278. The van der Waals surface area contributed by atoms with Crippen LogP contribution < -0.4 is 4.74 Å². The summed E-state index contributed by atoms with van der Waals surface area (Å²) in [7, 11) is 1.68. The van der Waals surface area contributed by atoms with Crippen molar-refractivity contribution >= 4 is 5.65 Å². The van der Waals surface area contributed by atoms with E-state index >= 15 is 0 Å². The number of pyridine rings is 1. The van der Waals surface area contributed by atoms with E-state index in [1.807, 2.05) is 24.3 Å². The highest BCUT2D eigenvalue weighted by molar-refractivity contribution is 5.63. The minimum Gasteiger partial charge on any atom is -0.497 e. The topological polar surface area (TPSA) is 26.5 Å². The SMILES string of the molecule is COc1ccc(-c2cn3ccc(CC(C)C)cc3n2)cc1. The second kappa shape index (κ2) is 5.60. The summed E-state index contributed by atoms with van der Waals surface area (Å²) in [6.07, 6.45) is 5.24. The van der Waals surface area contributed by atoms with Crippen molar-refractivity contribution in [3.8, 4) is 17.0 Å². The fourth-order valence-electron chi connectivity index (χ4n) is 2.52. The van der Waals surface area contributed by atoms with Crippen molar-refractivity contribution in [1.29, 1.82) is 0 Å². The van der Waals surface area contributed by atoms with Gasteiger partial charge in [0, 0.05) is 18.0 Å². The third-order valence-corrected chi connectivity index (χ3v) is 3.55. The van der Waals surface area contributed by atoms with E-state index in [1.165, 1.54) is 5.56 Å². The van der Waals surface area contributed by atoms with Crippen molar-refractivity contribution in [2.45, 2.75) is 20.3 Å². The van der Waals surface area contributed by atoms with Gasteiger partial charge in [-0.3, -0.25) is 0 Å². The molecular weight excluding hydrogens is 260 g/mol. The van der Waals surface area contributed by atoms with Crippen molar-refractivity contribution in [2.24, 2.45) is 5.92 Å². The van der Waals surface area contributed by atoms with E-state index in [0.717, 1.165) is 29.1 Å². The van der Waals surface area contributed by atoms with Crippen LogP contribution >= 0.6 is 0 Å². The summed E-state index contributed by atoms with van der Waals surface area (Å²) in [4.78, 5) is 4.73. The van der Waals surface area contributed by atoms with Crippen LogP contribution in [0.2, 0.25) is 0 Å². The lowest BCUT2D eigenvalue weighted by molar-refractivity contribution is 0.415. The summed E-state index contributed by atoms with van der Waals surface area (Å²) in [5, 5.41) is 0. The lowest BCUT2D eigenvalue weighted by Crippen LogP contribution is -1.95. The Morgan fingerprint density at radius 2 is 1.90 bits per heavy atom. The third kappa shape index (κ3) is 2.92. The first-order chi connectivity index (χ1) is 10.2. The molecule has 21 heavy (non-hydrogen) atoms. The number of hydrogen-bond donors (Lipinski definition) is 0. The average molecular weight is 280 g/mol. The molecule has 2 heterocycles. The summed E-state index contributed by atoms with van der Waals surface area (Å²) >= 11 is 0. The molecule has 2 aromatic heterocycles. The molecular formula is C18H20N2O. The van der Waals surface area contributed by atoms with Crippen molar-refractivity contribution in [1.82, 2.24) is 9.38 Å². The minimum absolute atomic E-state index is 0.656. The molecule has 0 amide bonds. The van der Waals surface area contributed by atoms with Crippen LogP contribution in [0.15, 0.2) is 48.8 Å². The molecule has 108 valence electrons. The normalized spacial score (nSPS) is 11.2. The first-order valence-corrected chi connectivity index (χ1v) is 7.28. The lowest BCUT2D eigenvalue weighted by Gasteiger charge is -2.04. The summed E-state index contributed by atoms with van der Waals surface area (Å²) in [5.74, 6) is 1.52. The molecule has 0 saturated heterocycles. The lowest BCUT2D eigenvalue weighted by atomic mass is 10.0. The average Bonchev–Trinajstić information content (AvgIpc) is 2.90. The van der Waals surface area contributed by atoms with E-state index in [4.69, 9.17) is 9.72 Å². The molecule has 3 aromatic rings. The highest BCUT2D eigenvalue weighted by atomic mass is 16.5. The van der Waals surface area contributed by atoms with Crippen LogP contribution in [0.5, 0.6) is 5.75 Å². The summed E-state index contributed by atoms with van der Waals surface area (Å²) in [6, 6.07) is 12.3. The van der Waals surface area contributed by atoms with Gasteiger partial charge < -0.3 is 9.14 Å². The van der Waals surface area contributed by atoms with Gasteiger partial charge >= 0.3 is 0 Å². The zero-order valence-corrected chi connectivity index (χ0v) is 12.7. The number of benzene rings is 1. The molecule has 0 saturated carbocycles. The second-order valence-corrected chi connectivity index (χ2v) is 5.75. The number of nitrogens with zero attached hydrogens (tertiary/aromatic N) is 2. The van der Waals surface area contributed by atoms with Crippen LogP contribution in [0.1, 0.15) is 19.4 Å². The maximum Gasteiger partial charge on any atom is 0.137 e. The minimum atomic E-state index is 0.656. The largest absolute Gasteiger partial charge is 0.497 e. The van der Waals surface area contributed by atoms with Crippen LogP contribution in [-0.4, -0.2) is 16.5 Å². The second-order valence-electron chi connectivity index (χ2n) is 5.75. The molecule has 0 N–H and O–H groups in total. The van der Waals surface area contributed by atoms with E-state index in [1.54, 1.807) is 7.11 Å². The number of ether oxygens (including phenoxy) is 1. The van der Waals surface area contributed by atoms with Crippen LogP contribution in [0.4, 0.5) is 0 Å². The number of rotatable bonds is 4. The van der Waals surface area contributed by atoms with Crippen LogP contribution in [0.3, 0.4) is 0 Å². The predicted octanol–water partition coefficient (Wildman–Crippen LogP) is 4.21. The summed E-state index contributed by atoms with van der Waals surface area (Å²) in [6.45, 7) is 4.47. The van der Waals surface area contributed by atoms with E-state index in [2.05, 4.69) is 42.8 Å². The molecule has 3 nitrogen and oxygen atoms in total. The quantitative estimate of drug-likeness (QED) is 0.715. The monoisotopic (exact) mass is 280 g/mol. The third-order valence-electron chi connectivity index (χ3n) is 3.55. The predicted molar refractivity (Wildman–Crippen MR) is 85.7 cm³/mol. The molecule has 0 spiro atoms. The van der Waals surface area contributed by atoms with E-state index < -0.39 is 0 Å². The van der Waals surface area contributed by atoms with Gasteiger partial charge in [0.25, 0.3) is 0 Å². The molecule has 0 aliphatic carbocycles. The van der Waals surface area contributed by atoms with Crippen LogP contribution in [0.25, 0.3) is 16.9 Å². The molecule has 3 rings (SSSR count). The van der Waals surface area contributed by atoms with Gasteiger partial charge in [0.2, 0.25) is 0 Å². The number of fused-ring (bicyclic) bond motifs is 1. The van der Waals surface area contributed by atoms with Gasteiger partial charge in [-0.2, -0.15) is 0 Å². The van der Waals surface area contributed by atoms with Gasteiger partial charge in [0.1, 0.15) is 11.4 Å². The highest BCUT2D eigenvalue weighted by Crippen LogP contribution is 2.22. The van der Waals surface area contributed by atoms with Crippen LogP contribution in [-0.2, 0) is 6.42 Å². The van der Waals surface area contributed by atoms with Crippen molar-refractivity contribution < 1.29 is 4.74 Å². The standard InChI is InChI=1S/C18H20N2O/c1-13(2)10-14-8-9-20-12-17(19-18(20)11-14)15-4-6-16(21-3)7-5-15/h4-9,11-13H,10H2,1-3H3. The van der Waals surface area contributed by atoms with Crippen LogP contribution in [0, 0.1) is 5.92 Å².